The minimum Gasteiger partial charge on any atom is -0.444 e. The lowest BCUT2D eigenvalue weighted by atomic mass is 9.91. The second kappa shape index (κ2) is 8.28. The first-order valence-corrected chi connectivity index (χ1v) is 10.8. The van der Waals surface area contributed by atoms with Crippen molar-refractivity contribution < 1.29 is 22.7 Å². The highest BCUT2D eigenvalue weighted by Crippen LogP contribution is 2.33. The molecular weight excluding hydrogens is 433 g/mol. The fourth-order valence-electron chi connectivity index (χ4n) is 4.27. The lowest BCUT2D eigenvalue weighted by Crippen LogP contribution is -2.43. The summed E-state index contributed by atoms with van der Waals surface area (Å²) >= 11 is 0. The van der Waals surface area contributed by atoms with Gasteiger partial charge in [0.05, 0.1) is 0 Å². The molecule has 0 radical (unpaired) electrons. The zero-order chi connectivity index (χ0) is 24.1. The number of aryl methyl sites for hydroxylation is 1. The van der Waals surface area contributed by atoms with E-state index in [9.17, 15) is 18.0 Å². The van der Waals surface area contributed by atoms with Crippen molar-refractivity contribution in [2.75, 3.05) is 12.4 Å². The van der Waals surface area contributed by atoms with Gasteiger partial charge in [-0.1, -0.05) is 0 Å². The maximum Gasteiger partial charge on any atom is 0.410 e. The Morgan fingerprint density at radius 2 is 1.88 bits per heavy atom. The molecule has 1 aliphatic rings. The molecule has 2 heterocycles. The molecule has 6 nitrogen and oxygen atoms in total. The molecule has 1 N–H and O–H groups in total. The molecule has 0 bridgehead atoms. The Hall–Kier alpha value is -3.23. The molecule has 0 fully saturated rings. The number of ether oxygens (including phenoxy) is 1. The van der Waals surface area contributed by atoms with Crippen molar-refractivity contribution in [3.63, 3.8) is 0 Å². The third-order valence-electron chi connectivity index (χ3n) is 5.91. The number of rotatable bonds is 3. The maximum atomic E-state index is 13.5. The second-order valence-corrected chi connectivity index (χ2v) is 9.42. The van der Waals surface area contributed by atoms with Crippen LogP contribution in [0.4, 0.5) is 29.5 Å². The average Bonchev–Trinajstić information content (AvgIpc) is 3.01. The van der Waals surface area contributed by atoms with Crippen LogP contribution < -0.4 is 5.32 Å². The number of carbonyl (C=O) groups excluding carboxylic acids is 1. The van der Waals surface area contributed by atoms with Gasteiger partial charge in [0, 0.05) is 49.0 Å². The van der Waals surface area contributed by atoms with Crippen LogP contribution in [0.1, 0.15) is 38.4 Å². The number of nitrogens with zero attached hydrogens (tertiary/aromatic N) is 3. The Bertz CT molecular complexity index is 1210. The second-order valence-electron chi connectivity index (χ2n) is 9.42. The van der Waals surface area contributed by atoms with Crippen LogP contribution in [0.5, 0.6) is 0 Å². The Labute approximate surface area is 190 Å². The molecule has 0 aliphatic heterocycles. The molecule has 1 aromatic carbocycles. The highest BCUT2D eigenvalue weighted by molar-refractivity contribution is 5.85. The van der Waals surface area contributed by atoms with Crippen LogP contribution in [0.25, 0.3) is 11.0 Å². The van der Waals surface area contributed by atoms with Crippen molar-refractivity contribution >= 4 is 28.6 Å². The number of pyridine rings is 1. The molecule has 176 valence electrons. The molecule has 1 amide bonds. The van der Waals surface area contributed by atoms with E-state index in [-0.39, 0.29) is 17.8 Å². The number of amides is 1. The Morgan fingerprint density at radius 1 is 1.21 bits per heavy atom. The molecule has 4 rings (SSSR count). The van der Waals surface area contributed by atoms with Gasteiger partial charge in [-0.25, -0.2) is 22.9 Å². The first-order valence-electron chi connectivity index (χ1n) is 10.8. The molecule has 33 heavy (non-hydrogen) atoms. The van der Waals surface area contributed by atoms with Crippen molar-refractivity contribution in [1.29, 1.82) is 0 Å². The van der Waals surface area contributed by atoms with Gasteiger partial charge < -0.3 is 19.5 Å². The Kier molecular flexibility index (Phi) is 5.76. The van der Waals surface area contributed by atoms with Crippen LogP contribution in [0.3, 0.4) is 0 Å². The van der Waals surface area contributed by atoms with Gasteiger partial charge in [0.1, 0.15) is 17.1 Å². The predicted molar refractivity (Wildman–Crippen MR) is 120 cm³/mol. The largest absolute Gasteiger partial charge is 0.444 e. The zero-order valence-corrected chi connectivity index (χ0v) is 19.3. The topological polar surface area (TPSA) is 59.4 Å². The van der Waals surface area contributed by atoms with Crippen molar-refractivity contribution in [3.8, 4) is 0 Å². The molecule has 1 aliphatic carbocycles. The summed E-state index contributed by atoms with van der Waals surface area (Å²) in [5.41, 5.74) is 2.48. The number of carbonyl (C=O) groups is 1. The lowest BCUT2D eigenvalue weighted by molar-refractivity contribution is 0.0210. The van der Waals surface area contributed by atoms with Gasteiger partial charge in [-0.05, 0) is 57.7 Å². The van der Waals surface area contributed by atoms with E-state index in [0.29, 0.717) is 17.9 Å². The molecule has 9 heteroatoms. The van der Waals surface area contributed by atoms with Gasteiger partial charge in [-0.2, -0.15) is 0 Å². The summed E-state index contributed by atoms with van der Waals surface area (Å²) in [7, 11) is 3.68. The minimum atomic E-state index is -1.51. The first-order chi connectivity index (χ1) is 15.4. The molecule has 0 saturated carbocycles. The molecule has 1 unspecified atom stereocenters. The lowest BCUT2D eigenvalue weighted by Gasteiger charge is -2.33. The summed E-state index contributed by atoms with van der Waals surface area (Å²) in [6.45, 7) is 5.53. The van der Waals surface area contributed by atoms with Crippen LogP contribution in [-0.2, 0) is 24.6 Å². The number of halogens is 3. The number of aromatic nitrogens is 2. The van der Waals surface area contributed by atoms with E-state index < -0.39 is 23.1 Å². The number of hydrogen-bond acceptors (Lipinski definition) is 4. The van der Waals surface area contributed by atoms with Gasteiger partial charge in [-0.15, -0.1) is 0 Å². The van der Waals surface area contributed by atoms with Crippen LogP contribution in [0.2, 0.25) is 0 Å². The summed E-state index contributed by atoms with van der Waals surface area (Å²) in [4.78, 5) is 18.8. The number of anilines is 2. The minimum absolute atomic E-state index is 0.000849. The summed E-state index contributed by atoms with van der Waals surface area (Å²) in [5, 5.41) is 3.79. The molecule has 1 atom stereocenters. The monoisotopic (exact) mass is 460 g/mol. The number of benzene rings is 1. The predicted octanol–water partition coefficient (Wildman–Crippen LogP) is 5.46. The maximum absolute atomic E-state index is 13.5. The van der Waals surface area contributed by atoms with Crippen LogP contribution in [0.15, 0.2) is 24.3 Å². The van der Waals surface area contributed by atoms with Crippen molar-refractivity contribution in [3.05, 3.63) is 53.0 Å². The van der Waals surface area contributed by atoms with Crippen molar-refractivity contribution in [2.24, 2.45) is 7.05 Å². The number of fused-ring (bicyclic) bond motifs is 3. The molecular formula is C24H27F3N4O2. The van der Waals surface area contributed by atoms with E-state index in [1.165, 1.54) is 0 Å². The van der Waals surface area contributed by atoms with Gasteiger partial charge >= 0.3 is 6.09 Å². The molecule has 3 aromatic rings. The number of hydrogen-bond donors (Lipinski definition) is 1. The van der Waals surface area contributed by atoms with Crippen LogP contribution in [0, 0.1) is 17.5 Å². The summed E-state index contributed by atoms with van der Waals surface area (Å²) in [6.07, 6.45) is 1.90. The Balaban J connectivity index is 1.60. The summed E-state index contributed by atoms with van der Waals surface area (Å²) in [5.74, 6) is -3.67. The Morgan fingerprint density at radius 3 is 2.52 bits per heavy atom. The standard InChI is InChI=1S/C24H27F3N4O2/c1-24(2,3)33-23(32)30(4)14-6-8-19-16(12-14)15-7-9-20(29-22(15)31(19)5)28-13-10-17(25)21(27)18(26)11-13/h7,9-11,14H,6,8,12H2,1-5H3,(H,28,29). The van der Waals surface area contributed by atoms with E-state index >= 15 is 0 Å². The van der Waals surface area contributed by atoms with E-state index in [1.54, 1.807) is 18.0 Å². The van der Waals surface area contributed by atoms with Crippen LogP contribution >= 0.6 is 0 Å². The highest BCUT2D eigenvalue weighted by Gasteiger charge is 2.31. The van der Waals surface area contributed by atoms with Crippen LogP contribution in [-0.4, -0.2) is 39.2 Å². The quantitative estimate of drug-likeness (QED) is 0.528. The van der Waals surface area contributed by atoms with Gasteiger partial charge in [0.25, 0.3) is 0 Å². The van der Waals surface area contributed by atoms with Gasteiger partial charge in [0.15, 0.2) is 17.5 Å². The van der Waals surface area contributed by atoms with E-state index in [2.05, 4.69) is 10.3 Å². The third-order valence-corrected chi connectivity index (χ3v) is 5.91. The third kappa shape index (κ3) is 4.49. The average molecular weight is 461 g/mol. The zero-order valence-electron chi connectivity index (χ0n) is 19.3. The smallest absolute Gasteiger partial charge is 0.410 e. The summed E-state index contributed by atoms with van der Waals surface area (Å²) < 4.78 is 47.8. The van der Waals surface area contributed by atoms with Crippen molar-refractivity contribution in [1.82, 2.24) is 14.5 Å². The van der Waals surface area contributed by atoms with E-state index in [1.807, 2.05) is 38.5 Å². The fourth-order valence-corrected chi connectivity index (χ4v) is 4.27. The highest BCUT2D eigenvalue weighted by atomic mass is 19.2. The summed E-state index contributed by atoms with van der Waals surface area (Å²) in [6, 6.07) is 5.38. The van der Waals surface area contributed by atoms with E-state index in [4.69, 9.17) is 4.74 Å². The SMILES string of the molecule is CN(C(=O)OC(C)(C)C)C1CCc2c(c3ccc(Nc4cc(F)c(F)c(F)c4)nc3n2C)C1. The fraction of sp³-hybridized carbons (Fsp3) is 0.417. The molecule has 2 aromatic heterocycles. The van der Waals surface area contributed by atoms with Gasteiger partial charge in [-0.3, -0.25) is 0 Å². The molecule has 0 saturated heterocycles. The van der Waals surface area contributed by atoms with Crippen molar-refractivity contribution in [2.45, 2.75) is 51.7 Å². The van der Waals surface area contributed by atoms with E-state index in [0.717, 1.165) is 41.6 Å². The normalized spacial score (nSPS) is 15.9. The number of likely N-dealkylation sites (N-methyl/N-ethyl adjacent to an activating group) is 1. The molecule has 0 spiro atoms. The van der Waals surface area contributed by atoms with Gasteiger partial charge in [0.2, 0.25) is 0 Å². The first kappa shape index (κ1) is 22.9. The number of nitrogens with one attached hydrogen (secondary N) is 1.